The number of fused-ring (bicyclic) bond motifs is 2. The van der Waals surface area contributed by atoms with Crippen molar-refractivity contribution in [3.8, 4) is 0 Å². The summed E-state index contributed by atoms with van der Waals surface area (Å²) in [7, 11) is 0. The average molecular weight is 137 g/mol. The molecule has 0 aromatic rings. The first-order valence-electron chi connectivity index (χ1n) is 3.64. The van der Waals surface area contributed by atoms with E-state index in [9.17, 15) is 9.90 Å². The summed E-state index contributed by atoms with van der Waals surface area (Å²) in [4.78, 5) is 10.6. The van der Waals surface area contributed by atoms with Crippen molar-refractivity contribution >= 4 is 5.97 Å². The zero-order valence-corrected chi connectivity index (χ0v) is 5.67. The number of carbonyl (C=O) groups is 1. The monoisotopic (exact) mass is 137 g/mol. The van der Waals surface area contributed by atoms with Crippen LogP contribution in [0.4, 0.5) is 0 Å². The van der Waals surface area contributed by atoms with Gasteiger partial charge in [-0.15, -0.1) is 0 Å². The third-order valence-electron chi connectivity index (χ3n) is 2.68. The number of carboxylic acids is 1. The maximum absolute atomic E-state index is 10.6. The van der Waals surface area contributed by atoms with Gasteiger partial charge in [0.25, 0.3) is 0 Å². The normalized spacial score (nSPS) is 42.6. The van der Waals surface area contributed by atoms with Gasteiger partial charge in [0.05, 0.1) is 5.97 Å². The van der Waals surface area contributed by atoms with Gasteiger partial charge < -0.3 is 9.90 Å². The summed E-state index contributed by atoms with van der Waals surface area (Å²) < 4.78 is 0. The number of allylic oxidation sites excluding steroid dienone is 1. The van der Waals surface area contributed by atoms with E-state index < -0.39 is 11.4 Å². The summed E-state index contributed by atoms with van der Waals surface area (Å²) in [6.45, 7) is 0. The SMILES string of the molecule is O=C([O-])C12C=CC(CC1)C2. The zero-order chi connectivity index (χ0) is 7.19. The van der Waals surface area contributed by atoms with Crippen LogP contribution in [0.5, 0.6) is 0 Å². The summed E-state index contributed by atoms with van der Waals surface area (Å²) in [6, 6.07) is 0. The minimum atomic E-state index is -0.885. The fourth-order valence-corrected chi connectivity index (χ4v) is 2.00. The molecule has 2 nitrogen and oxygen atoms in total. The largest absolute Gasteiger partial charge is 0.549 e. The van der Waals surface area contributed by atoms with Crippen molar-refractivity contribution in [2.45, 2.75) is 19.3 Å². The van der Waals surface area contributed by atoms with E-state index in [2.05, 4.69) is 0 Å². The molecule has 2 aliphatic carbocycles. The van der Waals surface area contributed by atoms with Crippen LogP contribution in [0.25, 0.3) is 0 Å². The average Bonchev–Trinajstić information content (AvgIpc) is 2.45. The first-order chi connectivity index (χ1) is 4.73. The second kappa shape index (κ2) is 1.62. The van der Waals surface area contributed by atoms with Crippen LogP contribution in [0.2, 0.25) is 0 Å². The summed E-state index contributed by atoms with van der Waals surface area (Å²) in [5.41, 5.74) is -0.565. The van der Waals surface area contributed by atoms with Gasteiger partial charge in [0, 0.05) is 5.41 Å². The van der Waals surface area contributed by atoms with E-state index in [1.54, 1.807) is 0 Å². The van der Waals surface area contributed by atoms with Crippen LogP contribution in [0.1, 0.15) is 19.3 Å². The predicted octanol–water partition coefficient (Wildman–Crippen LogP) is 0.0926. The number of hydrogen-bond donors (Lipinski definition) is 0. The van der Waals surface area contributed by atoms with E-state index in [1.807, 2.05) is 12.2 Å². The Morgan fingerprint density at radius 3 is 2.70 bits per heavy atom. The Kier molecular flexibility index (Phi) is 0.967. The standard InChI is InChI=1S/C8H10O2/c9-7(10)8-3-1-6(5-8)2-4-8/h1,3,6H,2,4-5H2,(H,9,10)/p-1. The van der Waals surface area contributed by atoms with Gasteiger partial charge in [-0.25, -0.2) is 0 Å². The Hall–Kier alpha value is -0.790. The predicted molar refractivity (Wildman–Crippen MR) is 33.9 cm³/mol. The van der Waals surface area contributed by atoms with Gasteiger partial charge in [-0.2, -0.15) is 0 Å². The lowest BCUT2D eigenvalue weighted by Gasteiger charge is -2.23. The fraction of sp³-hybridized carbons (Fsp3) is 0.625. The van der Waals surface area contributed by atoms with Gasteiger partial charge in [0.15, 0.2) is 0 Å². The minimum absolute atomic E-state index is 0.526. The summed E-state index contributed by atoms with van der Waals surface area (Å²) in [5, 5.41) is 10.6. The Balaban J connectivity index is 2.32. The van der Waals surface area contributed by atoms with Crippen molar-refractivity contribution in [3.63, 3.8) is 0 Å². The fourth-order valence-electron chi connectivity index (χ4n) is 2.00. The molecule has 0 heterocycles. The molecule has 2 unspecified atom stereocenters. The molecule has 1 saturated carbocycles. The highest BCUT2D eigenvalue weighted by atomic mass is 16.4. The van der Waals surface area contributed by atoms with Crippen LogP contribution in [0.15, 0.2) is 12.2 Å². The Morgan fingerprint density at radius 2 is 2.50 bits per heavy atom. The van der Waals surface area contributed by atoms with Crippen LogP contribution in [0, 0.1) is 11.3 Å². The molecule has 54 valence electrons. The number of aliphatic carboxylic acids is 1. The van der Waals surface area contributed by atoms with Crippen LogP contribution < -0.4 is 5.11 Å². The molecule has 2 bridgehead atoms. The topological polar surface area (TPSA) is 40.1 Å². The van der Waals surface area contributed by atoms with Gasteiger partial charge in [-0.05, 0) is 25.2 Å². The first-order valence-corrected chi connectivity index (χ1v) is 3.64. The smallest absolute Gasteiger partial charge is 0.0514 e. The molecule has 2 atom stereocenters. The lowest BCUT2D eigenvalue weighted by molar-refractivity contribution is -0.316. The highest BCUT2D eigenvalue weighted by molar-refractivity contribution is 5.76. The van der Waals surface area contributed by atoms with Crippen LogP contribution in [0.3, 0.4) is 0 Å². The number of hydrogen-bond acceptors (Lipinski definition) is 2. The quantitative estimate of drug-likeness (QED) is 0.480. The maximum Gasteiger partial charge on any atom is 0.0514 e. The van der Waals surface area contributed by atoms with E-state index in [1.165, 1.54) is 0 Å². The molecule has 10 heavy (non-hydrogen) atoms. The lowest BCUT2D eigenvalue weighted by atomic mass is 9.88. The van der Waals surface area contributed by atoms with Gasteiger partial charge >= 0.3 is 0 Å². The molecule has 2 rings (SSSR count). The van der Waals surface area contributed by atoms with Gasteiger partial charge in [0.1, 0.15) is 0 Å². The molecule has 0 spiro atoms. The number of carboxylic acid groups (broad SMARTS) is 1. The molecule has 0 N–H and O–H groups in total. The maximum atomic E-state index is 10.6. The van der Waals surface area contributed by atoms with E-state index in [0.717, 1.165) is 19.3 Å². The van der Waals surface area contributed by atoms with Crippen LogP contribution in [-0.4, -0.2) is 5.97 Å². The van der Waals surface area contributed by atoms with E-state index in [4.69, 9.17) is 0 Å². The van der Waals surface area contributed by atoms with Crippen LogP contribution in [-0.2, 0) is 4.79 Å². The van der Waals surface area contributed by atoms with Crippen molar-refractivity contribution in [3.05, 3.63) is 12.2 Å². The summed E-state index contributed by atoms with van der Waals surface area (Å²) in [6.07, 6.45) is 6.44. The second-order valence-electron chi connectivity index (χ2n) is 3.31. The second-order valence-corrected chi connectivity index (χ2v) is 3.31. The zero-order valence-electron chi connectivity index (χ0n) is 5.67. The molecule has 0 saturated heterocycles. The van der Waals surface area contributed by atoms with Crippen molar-refractivity contribution in [1.82, 2.24) is 0 Å². The van der Waals surface area contributed by atoms with E-state index >= 15 is 0 Å². The van der Waals surface area contributed by atoms with Gasteiger partial charge in [-0.3, -0.25) is 0 Å². The molecule has 0 radical (unpaired) electrons. The van der Waals surface area contributed by atoms with E-state index in [-0.39, 0.29) is 0 Å². The van der Waals surface area contributed by atoms with E-state index in [0.29, 0.717) is 5.92 Å². The van der Waals surface area contributed by atoms with Gasteiger partial charge in [-0.1, -0.05) is 12.2 Å². The molecule has 0 aromatic heterocycles. The Morgan fingerprint density at radius 1 is 1.70 bits per heavy atom. The highest BCUT2D eigenvalue weighted by Crippen LogP contribution is 2.48. The van der Waals surface area contributed by atoms with Crippen molar-refractivity contribution in [2.75, 3.05) is 0 Å². The van der Waals surface area contributed by atoms with Gasteiger partial charge in [0.2, 0.25) is 0 Å². The Bertz CT molecular complexity index is 207. The van der Waals surface area contributed by atoms with Crippen LogP contribution >= 0.6 is 0 Å². The molecular weight excluding hydrogens is 128 g/mol. The first kappa shape index (κ1) is 5.96. The molecule has 2 heteroatoms. The number of carbonyl (C=O) groups excluding carboxylic acids is 1. The molecule has 0 aromatic carbocycles. The molecule has 1 fully saturated rings. The molecular formula is C8H9O2-. The summed E-state index contributed by atoms with van der Waals surface area (Å²) in [5.74, 6) is -0.360. The lowest BCUT2D eigenvalue weighted by Crippen LogP contribution is -2.38. The minimum Gasteiger partial charge on any atom is -0.549 e. The molecule has 0 amide bonds. The third-order valence-corrected chi connectivity index (χ3v) is 2.68. The number of rotatable bonds is 1. The highest BCUT2D eigenvalue weighted by Gasteiger charge is 2.41. The molecule has 0 aliphatic heterocycles. The van der Waals surface area contributed by atoms with Crippen molar-refractivity contribution in [2.24, 2.45) is 11.3 Å². The third kappa shape index (κ3) is 0.564. The Labute approximate surface area is 59.5 Å². The molecule has 2 aliphatic rings. The van der Waals surface area contributed by atoms with Crippen molar-refractivity contribution < 1.29 is 9.90 Å². The summed E-state index contributed by atoms with van der Waals surface area (Å²) >= 11 is 0. The van der Waals surface area contributed by atoms with Crippen molar-refractivity contribution in [1.29, 1.82) is 0 Å².